The lowest BCUT2D eigenvalue weighted by atomic mass is 9.65. The molecule has 1 aliphatic carbocycles. The molecule has 13 heteroatoms. The minimum atomic E-state index is -3.06. The first-order valence-corrected chi connectivity index (χ1v) is 15.0. The zero-order valence-electron chi connectivity index (χ0n) is 23.3. The third-order valence-electron chi connectivity index (χ3n) is 9.07. The van der Waals surface area contributed by atoms with Crippen LogP contribution in [0.2, 0.25) is 0 Å². The number of nitrogens with one attached hydrogen (secondary N) is 1. The lowest BCUT2D eigenvalue weighted by Gasteiger charge is -2.52. The fourth-order valence-corrected chi connectivity index (χ4v) is 7.68. The number of carbonyl (C=O) groups is 1. The number of aromatic nitrogens is 2. The summed E-state index contributed by atoms with van der Waals surface area (Å²) in [6.07, 6.45) is 4.56. The van der Waals surface area contributed by atoms with E-state index in [1.807, 2.05) is 6.92 Å². The number of likely N-dealkylation sites (tertiary alicyclic amines) is 1. The van der Waals surface area contributed by atoms with Crippen LogP contribution < -0.4 is 15.0 Å². The van der Waals surface area contributed by atoms with Crippen molar-refractivity contribution in [2.45, 2.75) is 58.2 Å². The minimum Gasteiger partial charge on any atom is -0.481 e. The van der Waals surface area contributed by atoms with Gasteiger partial charge in [-0.2, -0.15) is 8.78 Å². The normalized spacial score (nSPS) is 25.7. The first kappa shape index (κ1) is 28.9. The molecule has 6 rings (SSSR count). The van der Waals surface area contributed by atoms with E-state index in [0.717, 1.165) is 56.4 Å². The van der Waals surface area contributed by atoms with Crippen LogP contribution in [0, 0.1) is 28.9 Å². The molecule has 3 aliphatic rings. The van der Waals surface area contributed by atoms with Crippen LogP contribution in [-0.2, 0) is 4.79 Å². The van der Waals surface area contributed by atoms with Crippen LogP contribution in [0.1, 0.15) is 51.3 Å². The number of anilines is 2. The molecule has 0 radical (unpaired) electrons. The van der Waals surface area contributed by atoms with Crippen molar-refractivity contribution in [2.75, 3.05) is 36.4 Å². The number of carboxylic acid groups (broad SMARTS) is 1. The first-order chi connectivity index (χ1) is 20.0. The summed E-state index contributed by atoms with van der Waals surface area (Å²) in [5, 5.41) is 13.3. The van der Waals surface area contributed by atoms with Gasteiger partial charge in [0.15, 0.2) is 10.9 Å². The molecule has 2 atom stereocenters. The van der Waals surface area contributed by atoms with E-state index < -0.39 is 35.7 Å². The number of thiazole rings is 1. The van der Waals surface area contributed by atoms with E-state index in [2.05, 4.69) is 20.1 Å². The molecule has 2 aromatic heterocycles. The monoisotopic (exact) mass is 607 g/mol. The summed E-state index contributed by atoms with van der Waals surface area (Å²) < 4.78 is 59.7. The summed E-state index contributed by atoms with van der Waals surface area (Å²) in [5.41, 5.74) is 0.191. The zero-order valence-corrected chi connectivity index (χ0v) is 24.1. The van der Waals surface area contributed by atoms with E-state index in [1.165, 1.54) is 17.4 Å². The van der Waals surface area contributed by atoms with Crippen molar-refractivity contribution < 1.29 is 32.2 Å². The van der Waals surface area contributed by atoms with Gasteiger partial charge in [0.1, 0.15) is 11.6 Å². The van der Waals surface area contributed by atoms with Gasteiger partial charge in [-0.15, -0.1) is 0 Å². The molecule has 3 aromatic rings. The number of nitrogens with zero attached hydrogens (tertiary/aromatic N) is 4. The maximum Gasteiger partial charge on any atom is 0.387 e. The number of halogens is 4. The van der Waals surface area contributed by atoms with Crippen LogP contribution in [-0.4, -0.2) is 64.8 Å². The van der Waals surface area contributed by atoms with Gasteiger partial charge in [-0.25, -0.2) is 13.8 Å². The van der Waals surface area contributed by atoms with Crippen molar-refractivity contribution in [2.24, 2.45) is 17.3 Å². The van der Waals surface area contributed by atoms with Gasteiger partial charge in [-0.05, 0) is 70.0 Å². The molecule has 8 nitrogen and oxygen atoms in total. The largest absolute Gasteiger partial charge is 0.481 e. The fourth-order valence-electron chi connectivity index (χ4n) is 6.59. The summed E-state index contributed by atoms with van der Waals surface area (Å²) in [6, 6.07) is 3.33. The molecule has 0 bridgehead atoms. The number of alkyl halides is 2. The number of hydrogen-bond acceptors (Lipinski definition) is 8. The Morgan fingerprint density at radius 3 is 2.67 bits per heavy atom. The van der Waals surface area contributed by atoms with E-state index >= 15 is 0 Å². The van der Waals surface area contributed by atoms with Crippen LogP contribution in [0.4, 0.5) is 28.4 Å². The third-order valence-corrected chi connectivity index (χ3v) is 10.2. The fraction of sp³-hybridized carbons (Fsp3) is 0.552. The van der Waals surface area contributed by atoms with Gasteiger partial charge in [-0.1, -0.05) is 11.3 Å². The average Bonchev–Trinajstić information content (AvgIpc) is 3.31. The Bertz CT molecular complexity index is 1480. The molecule has 1 aromatic carbocycles. The van der Waals surface area contributed by atoms with Gasteiger partial charge < -0.3 is 25.0 Å². The smallest absolute Gasteiger partial charge is 0.387 e. The lowest BCUT2D eigenvalue weighted by molar-refractivity contribution is -0.158. The van der Waals surface area contributed by atoms with E-state index in [9.17, 15) is 27.5 Å². The Morgan fingerprint density at radius 2 is 1.98 bits per heavy atom. The van der Waals surface area contributed by atoms with Crippen LogP contribution >= 0.6 is 11.3 Å². The van der Waals surface area contributed by atoms with Crippen molar-refractivity contribution in [1.82, 2.24) is 14.9 Å². The predicted octanol–water partition coefficient (Wildman–Crippen LogP) is 6.15. The number of aliphatic carboxylic acids is 1. The maximum atomic E-state index is 14.4. The number of rotatable bonds is 9. The number of ether oxygens (including phenoxy) is 1. The van der Waals surface area contributed by atoms with E-state index in [4.69, 9.17) is 9.72 Å². The number of hydrogen-bond donors (Lipinski definition) is 2. The van der Waals surface area contributed by atoms with Crippen molar-refractivity contribution in [1.29, 1.82) is 0 Å². The molecule has 2 aliphatic heterocycles. The highest BCUT2D eigenvalue weighted by Crippen LogP contribution is 2.47. The Hall–Kier alpha value is -3.19. The van der Waals surface area contributed by atoms with E-state index in [0.29, 0.717) is 40.9 Å². The van der Waals surface area contributed by atoms with Gasteiger partial charge in [0.25, 0.3) is 0 Å². The van der Waals surface area contributed by atoms with Gasteiger partial charge in [0.05, 0.1) is 39.3 Å². The van der Waals surface area contributed by atoms with Crippen molar-refractivity contribution in [3.8, 4) is 5.75 Å². The molecular weight excluding hydrogens is 574 g/mol. The quantitative estimate of drug-likeness (QED) is 0.280. The summed E-state index contributed by atoms with van der Waals surface area (Å²) in [6.45, 7) is 4.04. The average molecular weight is 608 g/mol. The number of carboxylic acids is 1. The summed E-state index contributed by atoms with van der Waals surface area (Å²) in [5.74, 6) is -1.43. The van der Waals surface area contributed by atoms with Crippen molar-refractivity contribution in [3.05, 3.63) is 41.7 Å². The van der Waals surface area contributed by atoms with Crippen LogP contribution in [0.25, 0.3) is 10.2 Å². The second-order valence-corrected chi connectivity index (χ2v) is 13.0. The van der Waals surface area contributed by atoms with Gasteiger partial charge >= 0.3 is 12.6 Å². The number of benzene rings is 1. The number of fused-ring (bicyclic) bond motifs is 1. The second kappa shape index (κ2) is 11.1. The minimum absolute atomic E-state index is 0.0530. The number of piperidine rings is 1. The van der Waals surface area contributed by atoms with Crippen LogP contribution in [0.15, 0.2) is 24.4 Å². The maximum absolute atomic E-state index is 14.4. The molecule has 4 heterocycles. The van der Waals surface area contributed by atoms with Gasteiger partial charge in [0.2, 0.25) is 0 Å². The van der Waals surface area contributed by atoms with Gasteiger partial charge in [-0.3, -0.25) is 9.78 Å². The third kappa shape index (κ3) is 5.48. The summed E-state index contributed by atoms with van der Waals surface area (Å²) >= 11 is 1.35. The topological polar surface area (TPSA) is 90.8 Å². The standard InChI is InChI=1S/C29H33F4N5O3S/c1-15(23-20(31)8-18(30)11-34-23)35-24-22(41-27(32)33)6-5-21-25(24)42-28(36-21)38-13-17(14-38)16-4-3-7-37(12-16)19-9-29(2,10-19)26(39)40/h5-6,8,11,15-17,19,27,35H,3-4,7,9-10,12-14H2,1-2H3,(H,39,40)/t15?,16-,19?,29?/m0/s1. The van der Waals surface area contributed by atoms with E-state index in [-0.39, 0.29) is 17.1 Å². The molecule has 0 spiro atoms. The molecule has 1 saturated carbocycles. The molecular formula is C29H33F4N5O3S. The Balaban J connectivity index is 1.15. The Labute approximate surface area is 244 Å². The van der Waals surface area contributed by atoms with Crippen LogP contribution in [0.5, 0.6) is 5.75 Å². The second-order valence-electron chi connectivity index (χ2n) is 12.0. The predicted molar refractivity (Wildman–Crippen MR) is 151 cm³/mol. The first-order valence-electron chi connectivity index (χ1n) is 14.2. The summed E-state index contributed by atoms with van der Waals surface area (Å²) in [4.78, 5) is 24.8. The number of pyridine rings is 1. The Kier molecular flexibility index (Phi) is 7.67. The molecule has 42 heavy (non-hydrogen) atoms. The molecule has 2 N–H and O–H groups in total. The zero-order chi connectivity index (χ0) is 29.8. The summed E-state index contributed by atoms with van der Waals surface area (Å²) in [7, 11) is 0. The molecule has 3 fully saturated rings. The van der Waals surface area contributed by atoms with Crippen LogP contribution in [0.3, 0.4) is 0 Å². The van der Waals surface area contributed by atoms with Gasteiger partial charge in [0, 0.05) is 31.7 Å². The van der Waals surface area contributed by atoms with E-state index in [1.54, 1.807) is 13.0 Å². The lowest BCUT2D eigenvalue weighted by Crippen LogP contribution is -2.58. The van der Waals surface area contributed by atoms with Crippen molar-refractivity contribution >= 4 is 38.3 Å². The molecule has 0 amide bonds. The highest BCUT2D eigenvalue weighted by molar-refractivity contribution is 7.22. The highest BCUT2D eigenvalue weighted by Gasteiger charge is 2.49. The molecule has 226 valence electrons. The molecule has 1 unspecified atom stereocenters. The van der Waals surface area contributed by atoms with Crippen molar-refractivity contribution in [3.63, 3.8) is 0 Å². The Morgan fingerprint density at radius 1 is 1.21 bits per heavy atom. The SMILES string of the molecule is CC(Nc1c(OC(F)F)ccc2nc(N3CC([C@H]4CCCN(C5CC(C)(C(=O)O)C5)C4)C3)sc12)c1ncc(F)cc1F. The highest BCUT2D eigenvalue weighted by atomic mass is 32.1. The molecule has 2 saturated heterocycles.